The van der Waals surface area contributed by atoms with Crippen LogP contribution in [-0.2, 0) is 10.1 Å². The molecule has 0 saturated heterocycles. The minimum absolute atomic E-state index is 0.145. The molecular formula is C26H27FO4S. The van der Waals surface area contributed by atoms with Crippen molar-refractivity contribution >= 4 is 10.1 Å². The van der Waals surface area contributed by atoms with E-state index in [0.717, 1.165) is 45.2 Å². The van der Waals surface area contributed by atoms with Crippen molar-refractivity contribution in [2.75, 3.05) is 12.9 Å². The van der Waals surface area contributed by atoms with Gasteiger partial charge in [-0.1, -0.05) is 35.9 Å². The lowest BCUT2D eigenvalue weighted by molar-refractivity contribution is 0.347. The average molecular weight is 455 g/mol. The van der Waals surface area contributed by atoms with Gasteiger partial charge in [0, 0.05) is 0 Å². The molecule has 0 heterocycles. The van der Waals surface area contributed by atoms with Crippen LogP contribution in [0.4, 0.5) is 4.39 Å². The lowest BCUT2D eigenvalue weighted by Crippen LogP contribution is -2.08. The molecule has 0 aliphatic carbocycles. The molecule has 0 radical (unpaired) electrons. The Labute approximate surface area is 189 Å². The van der Waals surface area contributed by atoms with Crippen LogP contribution in [0.2, 0.25) is 0 Å². The molecule has 0 aliphatic heterocycles. The van der Waals surface area contributed by atoms with Crippen molar-refractivity contribution in [1.29, 1.82) is 0 Å². The summed E-state index contributed by atoms with van der Waals surface area (Å²) in [5.41, 5.74) is 6.82. The maximum absolute atomic E-state index is 13.3. The topological polar surface area (TPSA) is 52.6 Å². The van der Waals surface area contributed by atoms with Gasteiger partial charge in [-0.05, 0) is 91.4 Å². The molecule has 0 amide bonds. The monoisotopic (exact) mass is 454 g/mol. The number of halogens is 1. The zero-order chi connectivity index (χ0) is 23.5. The second-order valence-electron chi connectivity index (χ2n) is 8.03. The van der Waals surface area contributed by atoms with E-state index in [4.69, 9.17) is 8.92 Å². The van der Waals surface area contributed by atoms with E-state index in [0.29, 0.717) is 12.4 Å². The van der Waals surface area contributed by atoms with Crippen LogP contribution in [-0.4, -0.2) is 21.3 Å². The molecule has 3 aromatic carbocycles. The fourth-order valence-corrected chi connectivity index (χ4v) is 3.85. The number of benzene rings is 3. The lowest BCUT2D eigenvalue weighted by Gasteiger charge is -2.16. The van der Waals surface area contributed by atoms with E-state index in [9.17, 15) is 12.8 Å². The Hall–Kier alpha value is -3.12. The zero-order valence-electron chi connectivity index (χ0n) is 18.9. The molecule has 4 nitrogen and oxygen atoms in total. The summed E-state index contributed by atoms with van der Waals surface area (Å²) in [5, 5.41) is 0. The molecule has 168 valence electrons. The maximum atomic E-state index is 13.3. The van der Waals surface area contributed by atoms with Gasteiger partial charge in [0.05, 0.1) is 6.26 Å². The first kappa shape index (κ1) is 23.5. The highest BCUT2D eigenvalue weighted by atomic mass is 32.2. The summed E-state index contributed by atoms with van der Waals surface area (Å²) in [4.78, 5) is 0. The number of hydrogen-bond acceptors (Lipinski definition) is 4. The number of rotatable bonds is 7. The molecule has 32 heavy (non-hydrogen) atoms. The van der Waals surface area contributed by atoms with E-state index in [1.165, 1.54) is 12.1 Å². The Morgan fingerprint density at radius 2 is 1.44 bits per heavy atom. The fraction of sp³-hybridized carbons (Fsp3) is 0.231. The van der Waals surface area contributed by atoms with Gasteiger partial charge in [-0.15, -0.1) is 0 Å². The molecule has 0 spiro atoms. The van der Waals surface area contributed by atoms with Crippen LogP contribution in [0.15, 0.2) is 66.2 Å². The summed E-state index contributed by atoms with van der Waals surface area (Å²) >= 11 is 0. The van der Waals surface area contributed by atoms with Crippen LogP contribution < -0.4 is 8.92 Å². The number of hydrogen-bond donors (Lipinski definition) is 0. The van der Waals surface area contributed by atoms with Gasteiger partial charge in [0.25, 0.3) is 0 Å². The van der Waals surface area contributed by atoms with Gasteiger partial charge in [-0.3, -0.25) is 0 Å². The highest BCUT2D eigenvalue weighted by Gasteiger charge is 2.15. The molecule has 0 N–H and O–H groups in total. The van der Waals surface area contributed by atoms with E-state index in [-0.39, 0.29) is 11.6 Å². The maximum Gasteiger partial charge on any atom is 0.306 e. The molecule has 0 fully saturated rings. The van der Waals surface area contributed by atoms with Crippen LogP contribution in [0.1, 0.15) is 25.0 Å². The molecular weight excluding hydrogens is 427 g/mol. The van der Waals surface area contributed by atoms with E-state index in [1.807, 2.05) is 52.0 Å². The Balaban J connectivity index is 2.02. The first-order chi connectivity index (χ1) is 15.0. The second kappa shape index (κ2) is 9.57. The highest BCUT2D eigenvalue weighted by Crippen LogP contribution is 2.37. The van der Waals surface area contributed by atoms with Crippen molar-refractivity contribution in [1.82, 2.24) is 0 Å². The van der Waals surface area contributed by atoms with Gasteiger partial charge in [0.15, 0.2) is 11.5 Å². The molecule has 0 bridgehead atoms. The summed E-state index contributed by atoms with van der Waals surface area (Å²) in [7, 11) is -3.73. The van der Waals surface area contributed by atoms with Gasteiger partial charge >= 0.3 is 10.1 Å². The molecule has 0 aliphatic rings. The number of allylic oxidation sites excluding steroid dienone is 1. The van der Waals surface area contributed by atoms with Crippen LogP contribution >= 0.6 is 0 Å². The first-order valence-corrected chi connectivity index (χ1v) is 12.0. The third-order valence-electron chi connectivity index (χ3n) is 4.95. The van der Waals surface area contributed by atoms with E-state index in [2.05, 4.69) is 0 Å². The Morgan fingerprint density at radius 1 is 0.875 bits per heavy atom. The predicted molar refractivity (Wildman–Crippen MR) is 127 cm³/mol. The second-order valence-corrected chi connectivity index (χ2v) is 9.61. The fourth-order valence-electron chi connectivity index (χ4n) is 3.39. The first-order valence-electron chi connectivity index (χ1n) is 10.2. The van der Waals surface area contributed by atoms with Gasteiger partial charge in [-0.25, -0.2) is 4.39 Å². The van der Waals surface area contributed by atoms with Crippen molar-refractivity contribution < 1.29 is 21.7 Å². The summed E-state index contributed by atoms with van der Waals surface area (Å²) in [6.07, 6.45) is 2.91. The molecule has 0 unspecified atom stereocenters. The van der Waals surface area contributed by atoms with Crippen LogP contribution in [0.25, 0.3) is 22.3 Å². The molecule has 0 saturated carbocycles. The van der Waals surface area contributed by atoms with Gasteiger partial charge in [-0.2, -0.15) is 8.42 Å². The standard InChI is InChI=1S/C26H27FO4S/c1-17(2)12-13-30-25-11-8-21(16-26(25)31-32(5,28)29)24-15-18(3)23(14-19(24)4)20-6-9-22(27)10-7-20/h6-12,14-16H,13H2,1-5H3. The SMILES string of the molecule is CC(C)=CCOc1ccc(-c2cc(C)c(-c3ccc(F)cc3)cc2C)cc1OS(C)(=O)=O. The summed E-state index contributed by atoms with van der Waals surface area (Å²) in [5.74, 6) is 0.228. The summed E-state index contributed by atoms with van der Waals surface area (Å²) < 4.78 is 47.9. The van der Waals surface area contributed by atoms with Crippen molar-refractivity contribution in [2.24, 2.45) is 0 Å². The number of aryl methyl sites for hydroxylation is 2. The quantitative estimate of drug-likeness (QED) is 0.304. The Kier molecular flexibility index (Phi) is 7.04. The largest absolute Gasteiger partial charge is 0.486 e. The Bertz CT molecular complexity index is 1260. The molecule has 3 aromatic rings. The van der Waals surface area contributed by atoms with Crippen LogP contribution in [0.3, 0.4) is 0 Å². The van der Waals surface area contributed by atoms with Crippen LogP contribution in [0, 0.1) is 19.7 Å². The van der Waals surface area contributed by atoms with Crippen LogP contribution in [0.5, 0.6) is 11.5 Å². The zero-order valence-corrected chi connectivity index (χ0v) is 19.7. The summed E-state index contributed by atoms with van der Waals surface area (Å²) in [6, 6.07) is 15.8. The molecule has 6 heteroatoms. The molecule has 0 atom stereocenters. The summed E-state index contributed by atoms with van der Waals surface area (Å²) in [6.45, 7) is 8.21. The van der Waals surface area contributed by atoms with Gasteiger partial charge in [0.2, 0.25) is 0 Å². The average Bonchev–Trinajstić information content (AvgIpc) is 2.70. The van der Waals surface area contributed by atoms with E-state index >= 15 is 0 Å². The third kappa shape index (κ3) is 5.98. The third-order valence-corrected chi connectivity index (χ3v) is 5.44. The minimum Gasteiger partial charge on any atom is -0.486 e. The van der Waals surface area contributed by atoms with Gasteiger partial charge < -0.3 is 8.92 Å². The minimum atomic E-state index is -3.73. The number of ether oxygens (including phenoxy) is 1. The van der Waals surface area contributed by atoms with E-state index < -0.39 is 10.1 Å². The normalized spacial score (nSPS) is 11.2. The lowest BCUT2D eigenvalue weighted by atomic mass is 9.92. The van der Waals surface area contributed by atoms with Crippen molar-refractivity contribution in [2.45, 2.75) is 27.7 Å². The highest BCUT2D eigenvalue weighted by molar-refractivity contribution is 7.86. The van der Waals surface area contributed by atoms with Gasteiger partial charge in [0.1, 0.15) is 12.4 Å². The predicted octanol–water partition coefficient (Wildman–Crippen LogP) is 6.46. The Morgan fingerprint density at radius 3 is 2.00 bits per heavy atom. The van der Waals surface area contributed by atoms with Crippen molar-refractivity contribution in [3.05, 3.63) is 83.2 Å². The molecule has 0 aromatic heterocycles. The van der Waals surface area contributed by atoms with E-state index in [1.54, 1.807) is 24.3 Å². The smallest absolute Gasteiger partial charge is 0.306 e. The van der Waals surface area contributed by atoms with Crippen molar-refractivity contribution in [3.63, 3.8) is 0 Å². The molecule has 3 rings (SSSR count). The van der Waals surface area contributed by atoms with Crippen molar-refractivity contribution in [3.8, 4) is 33.8 Å².